The topological polar surface area (TPSA) is 49.5 Å². The van der Waals surface area contributed by atoms with Gasteiger partial charge in [-0.3, -0.25) is 4.90 Å². The molecule has 0 aliphatic heterocycles. The summed E-state index contributed by atoms with van der Waals surface area (Å²) in [6, 6.07) is 4.47. The fraction of sp³-hybridized carbons (Fsp3) is 0.571. The molecule has 5 heteroatoms. The van der Waals surface area contributed by atoms with Crippen LogP contribution in [0.5, 0.6) is 0 Å². The largest absolute Gasteiger partial charge is 0.398 e. The van der Waals surface area contributed by atoms with E-state index in [0.29, 0.717) is 6.04 Å². The molecule has 1 aliphatic carbocycles. The first-order valence-corrected chi connectivity index (χ1v) is 8.17. The van der Waals surface area contributed by atoms with E-state index in [-0.39, 0.29) is 6.10 Å². The molecule has 1 fully saturated rings. The zero-order valence-electron chi connectivity index (χ0n) is 11.1. The van der Waals surface area contributed by atoms with Crippen LogP contribution < -0.4 is 5.73 Å². The predicted octanol–water partition coefficient (Wildman–Crippen LogP) is 3.53. The summed E-state index contributed by atoms with van der Waals surface area (Å²) < 4.78 is 1.95. The van der Waals surface area contributed by atoms with Gasteiger partial charge < -0.3 is 10.8 Å². The molecule has 1 aromatic rings. The van der Waals surface area contributed by atoms with Crippen molar-refractivity contribution in [2.75, 3.05) is 12.8 Å². The van der Waals surface area contributed by atoms with Crippen molar-refractivity contribution in [3.05, 3.63) is 26.6 Å². The van der Waals surface area contributed by atoms with Crippen molar-refractivity contribution in [2.45, 2.75) is 44.4 Å². The lowest BCUT2D eigenvalue weighted by Gasteiger charge is -2.33. The van der Waals surface area contributed by atoms with Gasteiger partial charge in [0.2, 0.25) is 0 Å². The molecule has 1 aliphatic rings. The fourth-order valence-electron chi connectivity index (χ4n) is 2.71. The molecule has 3 nitrogen and oxygen atoms in total. The van der Waals surface area contributed by atoms with Crippen molar-refractivity contribution in [2.24, 2.45) is 0 Å². The van der Waals surface area contributed by atoms with Gasteiger partial charge in [-0.05, 0) is 66.4 Å². The molecule has 1 aromatic carbocycles. The normalized spacial score (nSPS) is 23.8. The molecule has 106 valence electrons. The Morgan fingerprint density at radius 1 is 1.37 bits per heavy atom. The van der Waals surface area contributed by atoms with Crippen LogP contribution in [0.15, 0.2) is 21.1 Å². The summed E-state index contributed by atoms with van der Waals surface area (Å²) in [4.78, 5) is 2.30. The lowest BCUT2D eigenvalue weighted by molar-refractivity contribution is 0.0701. The molecule has 0 saturated heterocycles. The number of aliphatic hydroxyl groups is 1. The quantitative estimate of drug-likeness (QED) is 0.775. The first kappa shape index (κ1) is 15.3. The summed E-state index contributed by atoms with van der Waals surface area (Å²) in [5.74, 6) is 0. The SMILES string of the molecule is CN(Cc1cc(Br)cc(Br)c1N)[C@H]1CCC[C@@H](O)C1. The molecule has 0 heterocycles. The van der Waals surface area contributed by atoms with E-state index in [2.05, 4.69) is 49.9 Å². The van der Waals surface area contributed by atoms with Gasteiger partial charge in [-0.15, -0.1) is 0 Å². The monoisotopic (exact) mass is 390 g/mol. The minimum atomic E-state index is -0.146. The second-order valence-electron chi connectivity index (χ2n) is 5.35. The highest BCUT2D eigenvalue weighted by Crippen LogP contribution is 2.30. The van der Waals surface area contributed by atoms with Crippen LogP contribution in [0.2, 0.25) is 0 Å². The van der Waals surface area contributed by atoms with E-state index < -0.39 is 0 Å². The third kappa shape index (κ3) is 3.94. The Balaban J connectivity index is 2.08. The smallest absolute Gasteiger partial charge is 0.0555 e. The van der Waals surface area contributed by atoms with Crippen molar-refractivity contribution in [3.8, 4) is 0 Å². The Hall–Kier alpha value is -0.100. The van der Waals surface area contributed by atoms with Crippen molar-refractivity contribution in [3.63, 3.8) is 0 Å². The Labute approximate surface area is 131 Å². The van der Waals surface area contributed by atoms with Crippen LogP contribution >= 0.6 is 31.9 Å². The number of nitrogen functional groups attached to an aromatic ring is 1. The maximum atomic E-state index is 9.77. The molecule has 2 atom stereocenters. The molecule has 19 heavy (non-hydrogen) atoms. The van der Waals surface area contributed by atoms with Crippen molar-refractivity contribution in [1.82, 2.24) is 4.90 Å². The Kier molecular flexibility index (Phi) is 5.29. The second-order valence-corrected chi connectivity index (χ2v) is 7.12. The minimum Gasteiger partial charge on any atom is -0.398 e. The summed E-state index contributed by atoms with van der Waals surface area (Å²) in [7, 11) is 2.11. The summed E-state index contributed by atoms with van der Waals surface area (Å²) in [5, 5.41) is 9.77. The second kappa shape index (κ2) is 6.57. The molecule has 0 bridgehead atoms. The standard InChI is InChI=1S/C14H20Br2N2O/c1-18(11-3-2-4-12(19)7-11)8-9-5-10(15)6-13(16)14(9)17/h5-6,11-12,19H,2-4,7-8,17H2,1H3/t11-,12+/m0/s1. The highest BCUT2D eigenvalue weighted by Gasteiger charge is 2.24. The molecule has 0 radical (unpaired) electrons. The van der Waals surface area contributed by atoms with E-state index >= 15 is 0 Å². The summed E-state index contributed by atoms with van der Waals surface area (Å²) >= 11 is 6.98. The van der Waals surface area contributed by atoms with E-state index in [0.717, 1.165) is 52.4 Å². The molecule has 0 spiro atoms. The zero-order chi connectivity index (χ0) is 14.0. The maximum Gasteiger partial charge on any atom is 0.0555 e. The van der Waals surface area contributed by atoms with Crippen LogP contribution in [0.3, 0.4) is 0 Å². The summed E-state index contributed by atoms with van der Waals surface area (Å²) in [6.45, 7) is 0.807. The van der Waals surface area contributed by atoms with E-state index in [1.165, 1.54) is 0 Å². The molecule has 1 saturated carbocycles. The highest BCUT2D eigenvalue weighted by molar-refractivity contribution is 9.11. The molecular formula is C14H20Br2N2O. The number of nitrogens with two attached hydrogens (primary N) is 1. The summed E-state index contributed by atoms with van der Waals surface area (Å²) in [6.07, 6.45) is 3.92. The Morgan fingerprint density at radius 2 is 2.11 bits per heavy atom. The molecule has 0 aromatic heterocycles. The van der Waals surface area contributed by atoms with E-state index in [9.17, 15) is 5.11 Å². The summed E-state index contributed by atoms with van der Waals surface area (Å²) in [5.41, 5.74) is 8.03. The maximum absolute atomic E-state index is 9.77. The average molecular weight is 392 g/mol. The van der Waals surface area contributed by atoms with Gasteiger partial charge in [0.15, 0.2) is 0 Å². The number of rotatable bonds is 3. The van der Waals surface area contributed by atoms with E-state index in [4.69, 9.17) is 5.73 Å². The van der Waals surface area contributed by atoms with Gasteiger partial charge in [-0.25, -0.2) is 0 Å². The zero-order valence-corrected chi connectivity index (χ0v) is 14.2. The molecule has 0 unspecified atom stereocenters. The van der Waals surface area contributed by atoms with Crippen molar-refractivity contribution >= 4 is 37.5 Å². The first-order chi connectivity index (χ1) is 8.97. The number of hydrogen-bond acceptors (Lipinski definition) is 3. The van der Waals surface area contributed by atoms with Gasteiger partial charge in [0.25, 0.3) is 0 Å². The van der Waals surface area contributed by atoms with Crippen LogP contribution in [0, 0.1) is 0 Å². The van der Waals surface area contributed by atoms with Crippen LogP contribution in [-0.2, 0) is 6.54 Å². The van der Waals surface area contributed by atoms with Crippen LogP contribution in [0.25, 0.3) is 0 Å². The third-order valence-corrected chi connectivity index (χ3v) is 4.96. The highest BCUT2D eigenvalue weighted by atomic mass is 79.9. The van der Waals surface area contributed by atoms with Crippen LogP contribution in [-0.4, -0.2) is 29.2 Å². The third-order valence-electron chi connectivity index (χ3n) is 3.84. The molecular weight excluding hydrogens is 372 g/mol. The average Bonchev–Trinajstić information content (AvgIpc) is 2.35. The molecule has 0 amide bonds. The number of hydrogen-bond donors (Lipinski definition) is 2. The van der Waals surface area contributed by atoms with E-state index in [1.807, 2.05) is 6.07 Å². The van der Waals surface area contributed by atoms with Gasteiger partial charge in [-0.2, -0.15) is 0 Å². The molecule has 2 rings (SSSR count). The lowest BCUT2D eigenvalue weighted by Crippen LogP contribution is -2.37. The number of aliphatic hydroxyl groups excluding tert-OH is 1. The number of anilines is 1. The number of benzene rings is 1. The Morgan fingerprint density at radius 3 is 2.79 bits per heavy atom. The van der Waals surface area contributed by atoms with E-state index in [1.54, 1.807) is 0 Å². The van der Waals surface area contributed by atoms with Gasteiger partial charge in [0.05, 0.1) is 11.8 Å². The predicted molar refractivity (Wildman–Crippen MR) is 86.0 cm³/mol. The fourth-order valence-corrected chi connectivity index (χ4v) is 4.02. The van der Waals surface area contributed by atoms with Crippen molar-refractivity contribution in [1.29, 1.82) is 0 Å². The van der Waals surface area contributed by atoms with Crippen molar-refractivity contribution < 1.29 is 5.11 Å². The number of nitrogens with zero attached hydrogens (tertiary/aromatic N) is 1. The van der Waals surface area contributed by atoms with Gasteiger partial charge in [0, 0.05) is 21.5 Å². The van der Waals surface area contributed by atoms with Gasteiger partial charge >= 0.3 is 0 Å². The Bertz CT molecular complexity index is 453. The lowest BCUT2D eigenvalue weighted by atomic mass is 9.92. The minimum absolute atomic E-state index is 0.146. The van der Waals surface area contributed by atoms with Crippen LogP contribution in [0.1, 0.15) is 31.2 Å². The first-order valence-electron chi connectivity index (χ1n) is 6.59. The van der Waals surface area contributed by atoms with Gasteiger partial charge in [-0.1, -0.05) is 15.9 Å². The van der Waals surface area contributed by atoms with Crippen LogP contribution in [0.4, 0.5) is 5.69 Å². The molecule has 3 N–H and O–H groups in total. The van der Waals surface area contributed by atoms with Gasteiger partial charge in [0.1, 0.15) is 0 Å². The number of halogens is 2.